The van der Waals surface area contributed by atoms with E-state index in [9.17, 15) is 5.11 Å². The van der Waals surface area contributed by atoms with Crippen molar-refractivity contribution >= 4 is 11.6 Å². The molecule has 0 unspecified atom stereocenters. The lowest BCUT2D eigenvalue weighted by Crippen LogP contribution is -2.60. The van der Waals surface area contributed by atoms with Gasteiger partial charge in [0.1, 0.15) is 0 Å². The fraction of sp³-hybridized carbons (Fsp3) is 1.00. The van der Waals surface area contributed by atoms with Gasteiger partial charge >= 0.3 is 0 Å². The third-order valence-electron chi connectivity index (χ3n) is 10.9. The minimum atomic E-state index is -0.173. The van der Waals surface area contributed by atoms with Gasteiger partial charge in [0.15, 0.2) is 0 Å². The maximum Gasteiger partial charge on any atom is 0.0557 e. The predicted molar refractivity (Wildman–Crippen MR) is 124 cm³/mol. The van der Waals surface area contributed by atoms with Crippen LogP contribution in [-0.2, 0) is 0 Å². The third kappa shape index (κ3) is 3.63. The number of rotatable bonds is 5. The van der Waals surface area contributed by atoms with Crippen LogP contribution in [0.3, 0.4) is 0 Å². The summed E-state index contributed by atoms with van der Waals surface area (Å²) in [5.74, 6) is 5.25. The van der Waals surface area contributed by atoms with E-state index in [0.29, 0.717) is 5.41 Å². The number of halogens is 1. The molecule has 1 N–H and O–H groups in total. The van der Waals surface area contributed by atoms with Crippen LogP contribution in [0.4, 0.5) is 0 Å². The molecule has 4 fully saturated rings. The van der Waals surface area contributed by atoms with E-state index in [-0.39, 0.29) is 16.4 Å². The highest BCUT2D eigenvalue weighted by atomic mass is 35.5. The zero-order valence-electron chi connectivity index (χ0n) is 19.9. The van der Waals surface area contributed by atoms with Gasteiger partial charge in [0.05, 0.1) is 11.0 Å². The van der Waals surface area contributed by atoms with Gasteiger partial charge in [-0.25, -0.2) is 0 Å². The molecule has 0 amide bonds. The molecule has 4 aliphatic rings. The van der Waals surface area contributed by atoms with Gasteiger partial charge in [0, 0.05) is 0 Å². The summed E-state index contributed by atoms with van der Waals surface area (Å²) in [5, 5.41) is 10.3. The highest BCUT2D eigenvalue weighted by Gasteiger charge is 2.64. The first-order chi connectivity index (χ1) is 13.6. The molecule has 1 nitrogen and oxygen atoms in total. The van der Waals surface area contributed by atoms with Gasteiger partial charge in [-0.3, -0.25) is 0 Å². The van der Waals surface area contributed by atoms with E-state index in [1.807, 2.05) is 0 Å². The van der Waals surface area contributed by atoms with Crippen molar-refractivity contribution in [3.05, 3.63) is 0 Å². The van der Waals surface area contributed by atoms with Gasteiger partial charge < -0.3 is 5.11 Å². The van der Waals surface area contributed by atoms with E-state index in [1.54, 1.807) is 0 Å². The summed E-state index contributed by atoms with van der Waals surface area (Å²) in [6, 6.07) is 0. The van der Waals surface area contributed by atoms with Crippen molar-refractivity contribution in [1.29, 1.82) is 0 Å². The van der Waals surface area contributed by atoms with Crippen LogP contribution in [0.5, 0.6) is 0 Å². The topological polar surface area (TPSA) is 20.2 Å². The summed E-state index contributed by atoms with van der Waals surface area (Å²) in [6.07, 6.45) is 15.2. The summed E-state index contributed by atoms with van der Waals surface area (Å²) in [6.45, 7) is 12.5. The number of hydrogen-bond acceptors (Lipinski definition) is 1. The standard InChI is InChI=1S/C27H47ClO/c1-18(2)7-6-8-19(3)22-9-10-23-21-12-16-27(28)17-20(29)11-15-26(27,5)24(21)13-14-25(22,23)4/h18-24,29H,6-17H2,1-5H3/t19-,20-,21+,22+,23-,24-,25+,26-,27-/m1/s1. The summed E-state index contributed by atoms with van der Waals surface area (Å²) >= 11 is 7.31. The lowest BCUT2D eigenvalue weighted by atomic mass is 9.44. The Bertz CT molecular complexity index is 589. The van der Waals surface area contributed by atoms with Crippen molar-refractivity contribution in [1.82, 2.24) is 0 Å². The molecule has 0 heterocycles. The molecule has 0 aromatic heterocycles. The fourth-order valence-corrected chi connectivity index (χ4v) is 9.73. The molecule has 0 saturated heterocycles. The lowest BCUT2D eigenvalue weighted by molar-refractivity contribution is -0.118. The molecule has 0 bridgehead atoms. The van der Waals surface area contributed by atoms with Gasteiger partial charge in [-0.05, 0) is 104 Å². The third-order valence-corrected chi connectivity index (χ3v) is 11.7. The molecular weight excluding hydrogens is 376 g/mol. The van der Waals surface area contributed by atoms with Crippen molar-refractivity contribution in [2.45, 2.75) is 123 Å². The largest absolute Gasteiger partial charge is 0.393 e. The van der Waals surface area contributed by atoms with Gasteiger partial charge in [0.2, 0.25) is 0 Å². The number of fused-ring (bicyclic) bond motifs is 5. The van der Waals surface area contributed by atoms with E-state index >= 15 is 0 Å². The normalized spacial score (nSPS) is 50.7. The minimum Gasteiger partial charge on any atom is -0.393 e. The summed E-state index contributed by atoms with van der Waals surface area (Å²) in [7, 11) is 0. The summed E-state index contributed by atoms with van der Waals surface area (Å²) in [5.41, 5.74) is 0.800. The SMILES string of the molecule is CC(C)CCC[C@@H](C)[C@@H]1CC[C@@H]2[C@@H]3CC[C@@]4(Cl)C[C@H](O)CC[C@]4(C)[C@@H]3CC[C@]21C. The Kier molecular flexibility index (Phi) is 6.18. The molecular formula is C27H47ClO. The van der Waals surface area contributed by atoms with Crippen molar-refractivity contribution in [3.8, 4) is 0 Å². The lowest BCUT2D eigenvalue weighted by Gasteiger charge is -2.64. The minimum absolute atomic E-state index is 0.151. The Labute approximate surface area is 185 Å². The first-order valence-electron chi connectivity index (χ1n) is 13.0. The van der Waals surface area contributed by atoms with Crippen molar-refractivity contribution in [2.24, 2.45) is 46.3 Å². The second-order valence-electron chi connectivity index (χ2n) is 12.7. The Morgan fingerprint density at radius 3 is 2.38 bits per heavy atom. The van der Waals surface area contributed by atoms with Gasteiger partial charge in [-0.15, -0.1) is 11.6 Å². The van der Waals surface area contributed by atoms with Crippen LogP contribution < -0.4 is 0 Å². The summed E-state index contributed by atoms with van der Waals surface area (Å²) < 4.78 is 0. The zero-order chi connectivity index (χ0) is 21.0. The maximum absolute atomic E-state index is 10.3. The first kappa shape index (κ1) is 22.4. The molecule has 4 rings (SSSR count). The van der Waals surface area contributed by atoms with Crippen LogP contribution in [0.1, 0.15) is 112 Å². The van der Waals surface area contributed by atoms with E-state index < -0.39 is 0 Å². The molecule has 0 aromatic carbocycles. The molecule has 4 aliphatic carbocycles. The fourth-order valence-electron chi connectivity index (χ4n) is 9.21. The van der Waals surface area contributed by atoms with Crippen LogP contribution in [0.15, 0.2) is 0 Å². The Balaban J connectivity index is 1.49. The van der Waals surface area contributed by atoms with Gasteiger partial charge in [-0.1, -0.05) is 53.9 Å². The van der Waals surface area contributed by atoms with Gasteiger partial charge in [-0.2, -0.15) is 0 Å². The van der Waals surface area contributed by atoms with Crippen molar-refractivity contribution in [3.63, 3.8) is 0 Å². The number of aliphatic hydroxyl groups excluding tert-OH is 1. The van der Waals surface area contributed by atoms with Crippen LogP contribution in [0.25, 0.3) is 0 Å². The van der Waals surface area contributed by atoms with Crippen LogP contribution in [0.2, 0.25) is 0 Å². The van der Waals surface area contributed by atoms with E-state index in [1.165, 1.54) is 51.4 Å². The van der Waals surface area contributed by atoms with E-state index in [2.05, 4.69) is 34.6 Å². The smallest absolute Gasteiger partial charge is 0.0557 e. The van der Waals surface area contributed by atoms with Crippen molar-refractivity contribution < 1.29 is 5.11 Å². The molecule has 29 heavy (non-hydrogen) atoms. The summed E-state index contributed by atoms with van der Waals surface area (Å²) in [4.78, 5) is -0.151. The zero-order valence-corrected chi connectivity index (χ0v) is 20.6. The van der Waals surface area contributed by atoms with Crippen LogP contribution in [0, 0.1) is 46.3 Å². The van der Waals surface area contributed by atoms with Crippen molar-refractivity contribution in [2.75, 3.05) is 0 Å². The van der Waals surface area contributed by atoms with Crippen LogP contribution >= 0.6 is 11.6 Å². The van der Waals surface area contributed by atoms with Gasteiger partial charge in [0.25, 0.3) is 0 Å². The monoisotopic (exact) mass is 422 g/mol. The van der Waals surface area contributed by atoms with E-state index in [0.717, 1.165) is 61.2 Å². The average molecular weight is 423 g/mol. The molecule has 4 saturated carbocycles. The molecule has 168 valence electrons. The highest BCUT2D eigenvalue weighted by Crippen LogP contribution is 2.70. The molecule has 0 aliphatic heterocycles. The molecule has 2 heteroatoms. The Morgan fingerprint density at radius 1 is 0.897 bits per heavy atom. The number of alkyl halides is 1. The Morgan fingerprint density at radius 2 is 1.66 bits per heavy atom. The molecule has 0 aromatic rings. The molecule has 0 radical (unpaired) electrons. The number of hydrogen-bond donors (Lipinski definition) is 1. The quantitative estimate of drug-likeness (QED) is 0.447. The second-order valence-corrected chi connectivity index (χ2v) is 13.4. The molecule has 0 spiro atoms. The first-order valence-corrected chi connectivity index (χ1v) is 13.4. The predicted octanol–water partition coefficient (Wildman–Crippen LogP) is 7.83. The highest BCUT2D eigenvalue weighted by molar-refractivity contribution is 6.24. The Hall–Kier alpha value is 0.250. The molecule has 9 atom stereocenters. The number of aliphatic hydroxyl groups is 1. The average Bonchev–Trinajstić information content (AvgIpc) is 2.99. The van der Waals surface area contributed by atoms with E-state index in [4.69, 9.17) is 11.6 Å². The van der Waals surface area contributed by atoms with Crippen LogP contribution in [-0.4, -0.2) is 16.1 Å². The maximum atomic E-state index is 10.3. The second kappa shape index (κ2) is 7.99.